The quantitative estimate of drug-likeness (QED) is 0.628. The van der Waals surface area contributed by atoms with E-state index in [-0.39, 0.29) is 40.8 Å². The number of ether oxygens (including phenoxy) is 1. The summed E-state index contributed by atoms with van der Waals surface area (Å²) in [5.41, 5.74) is 2.09. The number of carbonyl (C=O) groups is 2. The van der Waals surface area contributed by atoms with Gasteiger partial charge in [0.05, 0.1) is 17.5 Å². The van der Waals surface area contributed by atoms with Crippen LogP contribution in [-0.4, -0.2) is 33.1 Å². The molecule has 1 fully saturated rings. The van der Waals surface area contributed by atoms with Gasteiger partial charge in [-0.25, -0.2) is 0 Å². The molecule has 3 aliphatic rings. The lowest BCUT2D eigenvalue weighted by Gasteiger charge is -2.40. The largest absolute Gasteiger partial charge is 0.483 e. The summed E-state index contributed by atoms with van der Waals surface area (Å²) in [5, 5.41) is 0.471. The maximum Gasteiger partial charge on any atom is 0.290 e. The zero-order valence-electron chi connectivity index (χ0n) is 17.0. The summed E-state index contributed by atoms with van der Waals surface area (Å²) in [6.07, 6.45) is 4.33. The van der Waals surface area contributed by atoms with Crippen LogP contribution in [0.25, 0.3) is 0 Å². The highest BCUT2D eigenvalue weighted by Gasteiger charge is 2.53. The lowest BCUT2D eigenvalue weighted by atomic mass is 9.74. The number of fused-ring (bicyclic) bond motifs is 1. The third-order valence-corrected chi connectivity index (χ3v) is 7.39. The fourth-order valence-electron chi connectivity index (χ4n) is 4.94. The van der Waals surface area contributed by atoms with E-state index in [1.165, 1.54) is 0 Å². The molecule has 5 rings (SSSR count). The van der Waals surface area contributed by atoms with Crippen LogP contribution < -0.4 is 0 Å². The van der Waals surface area contributed by atoms with Crippen LogP contribution in [0.1, 0.15) is 36.9 Å². The maximum atomic E-state index is 13.7. The molecule has 2 aromatic rings. The number of ketones is 1. The Balaban J connectivity index is 1.58. The number of Topliss-reactive ketones (excluding diaryl/α,β-unsaturated/α-hetero) is 1. The van der Waals surface area contributed by atoms with Crippen molar-refractivity contribution in [1.82, 2.24) is 9.88 Å². The van der Waals surface area contributed by atoms with Crippen LogP contribution in [0.3, 0.4) is 0 Å². The molecule has 5 atom stereocenters. The second-order valence-corrected chi connectivity index (χ2v) is 9.58. The smallest absolute Gasteiger partial charge is 0.290 e. The van der Waals surface area contributed by atoms with Crippen LogP contribution in [0.5, 0.6) is 0 Å². The van der Waals surface area contributed by atoms with E-state index in [2.05, 4.69) is 11.9 Å². The van der Waals surface area contributed by atoms with Gasteiger partial charge in [0.15, 0.2) is 11.5 Å². The number of benzene rings is 1. The van der Waals surface area contributed by atoms with Crippen molar-refractivity contribution in [2.75, 3.05) is 0 Å². The Labute approximate surface area is 191 Å². The highest BCUT2D eigenvalue weighted by Crippen LogP contribution is 2.48. The Morgan fingerprint density at radius 2 is 2.03 bits per heavy atom. The molecule has 7 heteroatoms. The second-order valence-electron chi connectivity index (χ2n) is 8.59. The van der Waals surface area contributed by atoms with E-state index in [0.717, 1.165) is 11.1 Å². The van der Waals surface area contributed by atoms with Crippen LogP contribution in [0.2, 0.25) is 5.02 Å². The summed E-state index contributed by atoms with van der Waals surface area (Å²) in [5.74, 6) is -0.220. The number of hydrogen-bond donors (Lipinski definition) is 0. The van der Waals surface area contributed by atoms with Crippen molar-refractivity contribution >= 4 is 34.9 Å². The van der Waals surface area contributed by atoms with Crippen molar-refractivity contribution in [3.63, 3.8) is 0 Å². The lowest BCUT2D eigenvalue weighted by Crippen LogP contribution is -2.44. The van der Waals surface area contributed by atoms with Crippen molar-refractivity contribution in [2.45, 2.75) is 43.8 Å². The standard InChI is InChI=1S/C24H22Cl2N2O3/c1-13-8-19-17(10-18(13)26)22(29)20-21(15-5-2-6-16(25)9-15)28(24(30)23(20)31-19)12-14-4-3-7-27-11-14/h2-7,9,11,13,17-19,21H,8,10,12H2,1H3. The van der Waals surface area contributed by atoms with Crippen LogP contribution in [-0.2, 0) is 20.9 Å². The van der Waals surface area contributed by atoms with Crippen LogP contribution in [0, 0.1) is 11.8 Å². The molecule has 5 nitrogen and oxygen atoms in total. The molecule has 0 N–H and O–H groups in total. The average Bonchev–Trinajstić information content (AvgIpc) is 3.03. The topological polar surface area (TPSA) is 59.5 Å². The number of alkyl halides is 1. The third-order valence-electron chi connectivity index (χ3n) is 6.55. The molecule has 5 unspecified atom stereocenters. The number of pyridine rings is 1. The number of rotatable bonds is 3. The van der Waals surface area contributed by atoms with E-state index < -0.39 is 6.04 Å². The van der Waals surface area contributed by atoms with Crippen LogP contribution in [0.4, 0.5) is 0 Å². The zero-order chi connectivity index (χ0) is 21.7. The van der Waals surface area contributed by atoms with Gasteiger partial charge >= 0.3 is 0 Å². The average molecular weight is 457 g/mol. The Morgan fingerprint density at radius 3 is 2.77 bits per heavy atom. The highest BCUT2D eigenvalue weighted by atomic mass is 35.5. The van der Waals surface area contributed by atoms with Crippen molar-refractivity contribution < 1.29 is 14.3 Å². The molecule has 1 aromatic carbocycles. The van der Waals surface area contributed by atoms with Gasteiger partial charge in [-0.1, -0.05) is 36.7 Å². The van der Waals surface area contributed by atoms with Crippen molar-refractivity contribution in [3.8, 4) is 0 Å². The van der Waals surface area contributed by atoms with Gasteiger partial charge in [0.1, 0.15) is 6.10 Å². The minimum Gasteiger partial charge on any atom is -0.483 e. The first-order valence-corrected chi connectivity index (χ1v) is 11.3. The lowest BCUT2D eigenvalue weighted by molar-refractivity contribution is -0.136. The van der Waals surface area contributed by atoms with Crippen LogP contribution >= 0.6 is 23.2 Å². The van der Waals surface area contributed by atoms with E-state index in [4.69, 9.17) is 27.9 Å². The Morgan fingerprint density at radius 1 is 1.19 bits per heavy atom. The first-order chi connectivity index (χ1) is 14.9. The molecule has 0 radical (unpaired) electrons. The Bertz CT molecular complexity index is 1070. The predicted molar refractivity (Wildman–Crippen MR) is 117 cm³/mol. The number of hydrogen-bond acceptors (Lipinski definition) is 4. The molecule has 0 spiro atoms. The van der Waals surface area contributed by atoms with Gasteiger partial charge in [0, 0.05) is 29.3 Å². The number of halogens is 2. The predicted octanol–water partition coefficient (Wildman–Crippen LogP) is 4.69. The summed E-state index contributed by atoms with van der Waals surface area (Å²) >= 11 is 12.8. The van der Waals surface area contributed by atoms with E-state index in [1.807, 2.05) is 24.3 Å². The fraction of sp³-hybridized carbons (Fsp3) is 0.375. The van der Waals surface area contributed by atoms with E-state index in [1.54, 1.807) is 29.4 Å². The van der Waals surface area contributed by atoms with E-state index >= 15 is 0 Å². The minimum absolute atomic E-state index is 0.0317. The number of amides is 1. The molecule has 1 aromatic heterocycles. The molecule has 1 saturated carbocycles. The molecule has 1 aliphatic carbocycles. The second kappa shape index (κ2) is 7.95. The van der Waals surface area contributed by atoms with Gasteiger partial charge in [0.2, 0.25) is 0 Å². The number of carbonyl (C=O) groups excluding carboxylic acids is 2. The Kier molecular flexibility index (Phi) is 5.27. The molecular weight excluding hydrogens is 435 g/mol. The molecule has 0 saturated heterocycles. The van der Waals surface area contributed by atoms with Crippen molar-refractivity contribution in [2.24, 2.45) is 11.8 Å². The fourth-order valence-corrected chi connectivity index (χ4v) is 5.43. The molecule has 31 heavy (non-hydrogen) atoms. The van der Waals surface area contributed by atoms with Gasteiger partial charge in [-0.2, -0.15) is 0 Å². The van der Waals surface area contributed by atoms with Gasteiger partial charge < -0.3 is 9.64 Å². The molecule has 3 heterocycles. The van der Waals surface area contributed by atoms with Gasteiger partial charge in [-0.3, -0.25) is 14.6 Å². The Hall–Kier alpha value is -2.37. The monoisotopic (exact) mass is 456 g/mol. The first-order valence-electron chi connectivity index (χ1n) is 10.5. The zero-order valence-corrected chi connectivity index (χ0v) is 18.5. The highest BCUT2D eigenvalue weighted by molar-refractivity contribution is 6.30. The molecular formula is C24H22Cl2N2O3. The normalized spacial score (nSPS) is 30.2. The molecule has 1 amide bonds. The first kappa shape index (κ1) is 20.5. The van der Waals surface area contributed by atoms with E-state index in [9.17, 15) is 9.59 Å². The summed E-state index contributed by atoms with van der Waals surface area (Å²) in [6, 6.07) is 10.5. The molecule has 160 valence electrons. The van der Waals surface area contributed by atoms with Crippen LogP contribution in [0.15, 0.2) is 60.1 Å². The number of nitrogens with zero attached hydrogens (tertiary/aromatic N) is 2. The van der Waals surface area contributed by atoms with Gasteiger partial charge in [-0.05, 0) is 48.1 Å². The summed E-state index contributed by atoms with van der Waals surface area (Å²) in [6.45, 7) is 2.38. The molecule has 0 bridgehead atoms. The maximum absolute atomic E-state index is 13.7. The third kappa shape index (κ3) is 3.54. The minimum atomic E-state index is -0.553. The van der Waals surface area contributed by atoms with Crippen molar-refractivity contribution in [3.05, 3.63) is 76.3 Å². The number of aromatic nitrogens is 1. The van der Waals surface area contributed by atoms with Crippen molar-refractivity contribution in [1.29, 1.82) is 0 Å². The SMILES string of the molecule is CC1CC2OC3=C(C(=O)C2CC1Cl)C(c1cccc(Cl)c1)N(Cc1cccnc1)C3=O. The van der Waals surface area contributed by atoms with Gasteiger partial charge in [-0.15, -0.1) is 11.6 Å². The summed E-state index contributed by atoms with van der Waals surface area (Å²) in [7, 11) is 0. The summed E-state index contributed by atoms with van der Waals surface area (Å²) < 4.78 is 6.23. The molecule has 2 aliphatic heterocycles. The van der Waals surface area contributed by atoms with E-state index in [0.29, 0.717) is 30.0 Å². The van der Waals surface area contributed by atoms with Gasteiger partial charge in [0.25, 0.3) is 5.91 Å². The summed E-state index contributed by atoms with van der Waals surface area (Å²) in [4.78, 5) is 33.0.